The fraction of sp³-hybridized carbons (Fsp3) is 0.100. The maximum atomic E-state index is 5.68. The maximum absolute atomic E-state index is 5.68. The Morgan fingerprint density at radius 1 is 0.438 bits per heavy atom. The van der Waals surface area contributed by atoms with Gasteiger partial charge in [-0.05, 0) is 57.6 Å². The SMILES string of the molecule is c1ccc(-c2ccc([C@@H]3CC(Oc4cccnc4)=NO3)cc2)cc1.c1ccc(-c2ccc([C@H]3CC(Oc4cccnc4)=NO3)cc2)cc1. The van der Waals surface area contributed by atoms with E-state index in [1.807, 2.05) is 60.7 Å². The summed E-state index contributed by atoms with van der Waals surface area (Å²) in [6, 6.07) is 44.7. The molecule has 2 atom stereocenters. The summed E-state index contributed by atoms with van der Waals surface area (Å²) < 4.78 is 11.4. The number of rotatable bonds is 6. The van der Waals surface area contributed by atoms with Crippen LogP contribution < -0.4 is 9.47 Å². The lowest BCUT2D eigenvalue weighted by molar-refractivity contribution is 0.0854. The summed E-state index contributed by atoms with van der Waals surface area (Å²) in [5, 5.41) is 8.07. The Balaban J connectivity index is 0.000000152. The van der Waals surface area contributed by atoms with Gasteiger partial charge in [0.1, 0.15) is 11.5 Å². The lowest BCUT2D eigenvalue weighted by Gasteiger charge is -2.09. The van der Waals surface area contributed by atoms with Crippen molar-refractivity contribution in [1.29, 1.82) is 0 Å². The Morgan fingerprint density at radius 3 is 1.21 bits per heavy atom. The number of nitrogens with zero attached hydrogens (tertiary/aromatic N) is 4. The molecule has 0 radical (unpaired) electrons. The third-order valence-electron chi connectivity index (χ3n) is 7.80. The molecule has 48 heavy (non-hydrogen) atoms. The van der Waals surface area contributed by atoms with E-state index in [0.29, 0.717) is 36.1 Å². The Morgan fingerprint density at radius 2 is 0.833 bits per heavy atom. The topological polar surface area (TPSA) is 87.4 Å². The molecule has 4 aromatic carbocycles. The number of pyridine rings is 2. The zero-order valence-electron chi connectivity index (χ0n) is 26.0. The van der Waals surface area contributed by atoms with Crippen molar-refractivity contribution in [1.82, 2.24) is 9.97 Å². The van der Waals surface area contributed by atoms with Crippen LogP contribution in [0.3, 0.4) is 0 Å². The van der Waals surface area contributed by atoms with Crippen molar-refractivity contribution >= 4 is 11.8 Å². The van der Waals surface area contributed by atoms with E-state index in [1.54, 1.807) is 24.8 Å². The predicted octanol–water partition coefficient (Wildman–Crippen LogP) is 9.21. The predicted molar refractivity (Wildman–Crippen MR) is 185 cm³/mol. The van der Waals surface area contributed by atoms with Crippen LogP contribution in [0.2, 0.25) is 0 Å². The van der Waals surface area contributed by atoms with Crippen molar-refractivity contribution in [3.8, 4) is 33.8 Å². The van der Waals surface area contributed by atoms with E-state index in [-0.39, 0.29) is 12.2 Å². The number of aromatic nitrogens is 2. The summed E-state index contributed by atoms with van der Waals surface area (Å²) in [5.41, 5.74) is 6.95. The molecule has 0 aliphatic carbocycles. The molecule has 0 amide bonds. The summed E-state index contributed by atoms with van der Waals surface area (Å²) >= 11 is 0. The molecule has 0 fully saturated rings. The van der Waals surface area contributed by atoms with Crippen molar-refractivity contribution in [2.45, 2.75) is 25.0 Å². The Labute approximate surface area is 278 Å². The van der Waals surface area contributed by atoms with Crippen molar-refractivity contribution in [3.05, 3.63) is 169 Å². The minimum atomic E-state index is -0.110. The molecule has 6 aromatic rings. The molecule has 0 bridgehead atoms. The molecule has 0 saturated heterocycles. The van der Waals surface area contributed by atoms with Crippen molar-refractivity contribution in [3.63, 3.8) is 0 Å². The number of hydrogen-bond donors (Lipinski definition) is 0. The molecule has 0 spiro atoms. The maximum Gasteiger partial charge on any atom is 0.235 e. The summed E-state index contributed by atoms with van der Waals surface area (Å²) in [6.07, 6.45) is 7.73. The quantitative estimate of drug-likeness (QED) is 0.182. The zero-order valence-corrected chi connectivity index (χ0v) is 26.0. The second-order valence-electron chi connectivity index (χ2n) is 11.1. The number of ether oxygens (including phenoxy) is 2. The molecule has 2 aliphatic heterocycles. The van der Waals surface area contributed by atoms with Gasteiger partial charge in [0, 0.05) is 12.4 Å². The third kappa shape index (κ3) is 7.74. The van der Waals surface area contributed by atoms with Crippen LogP contribution in [0.5, 0.6) is 11.5 Å². The number of hydrogen-bond acceptors (Lipinski definition) is 8. The van der Waals surface area contributed by atoms with Crippen molar-refractivity contribution < 1.29 is 19.1 Å². The number of oxime groups is 2. The molecular weight excluding hydrogens is 600 g/mol. The summed E-state index contributed by atoms with van der Waals surface area (Å²) in [4.78, 5) is 19.1. The van der Waals surface area contributed by atoms with Crippen LogP contribution in [0.1, 0.15) is 36.2 Å². The molecule has 4 heterocycles. The highest BCUT2D eigenvalue weighted by molar-refractivity contribution is 5.80. The molecule has 8 rings (SSSR count). The summed E-state index contributed by atoms with van der Waals surface area (Å²) in [7, 11) is 0. The van der Waals surface area contributed by atoms with Crippen molar-refractivity contribution in [2.24, 2.45) is 10.3 Å². The van der Waals surface area contributed by atoms with Gasteiger partial charge in [-0.15, -0.1) is 0 Å². The highest BCUT2D eigenvalue weighted by Gasteiger charge is 2.25. The minimum Gasteiger partial charge on any atom is -0.438 e. The van der Waals surface area contributed by atoms with Gasteiger partial charge in [-0.1, -0.05) is 120 Å². The monoisotopic (exact) mass is 632 g/mol. The van der Waals surface area contributed by atoms with Gasteiger partial charge in [-0.2, -0.15) is 0 Å². The average Bonchev–Trinajstić information content (AvgIpc) is 3.84. The largest absolute Gasteiger partial charge is 0.438 e. The highest BCUT2D eigenvalue weighted by Crippen LogP contribution is 2.31. The first-order valence-electron chi connectivity index (χ1n) is 15.7. The first-order valence-corrected chi connectivity index (χ1v) is 15.7. The molecule has 0 unspecified atom stereocenters. The summed E-state index contributed by atoms with van der Waals surface area (Å²) in [5.74, 6) is 2.47. The van der Waals surface area contributed by atoms with Crippen LogP contribution in [0.25, 0.3) is 22.3 Å². The van der Waals surface area contributed by atoms with Gasteiger partial charge >= 0.3 is 0 Å². The van der Waals surface area contributed by atoms with Gasteiger partial charge in [0.25, 0.3) is 0 Å². The van der Waals surface area contributed by atoms with E-state index in [1.165, 1.54) is 22.3 Å². The molecule has 2 aliphatic rings. The molecule has 8 nitrogen and oxygen atoms in total. The number of benzene rings is 4. The second-order valence-corrected chi connectivity index (χ2v) is 11.1. The Kier molecular flexibility index (Phi) is 9.41. The Bertz CT molecular complexity index is 1810. The lowest BCUT2D eigenvalue weighted by Crippen LogP contribution is -2.07. The molecular formula is C40H32N4O4. The van der Waals surface area contributed by atoms with E-state index in [4.69, 9.17) is 19.1 Å². The first kappa shape index (κ1) is 30.4. The van der Waals surface area contributed by atoms with Gasteiger partial charge in [0.05, 0.1) is 25.2 Å². The van der Waals surface area contributed by atoms with Crippen LogP contribution in [0.4, 0.5) is 0 Å². The van der Waals surface area contributed by atoms with Gasteiger partial charge in [0.15, 0.2) is 12.2 Å². The molecule has 8 heteroatoms. The van der Waals surface area contributed by atoms with Gasteiger partial charge < -0.3 is 19.1 Å². The van der Waals surface area contributed by atoms with Gasteiger partial charge in [-0.25, -0.2) is 0 Å². The van der Waals surface area contributed by atoms with Crippen LogP contribution >= 0.6 is 0 Å². The van der Waals surface area contributed by atoms with Gasteiger partial charge in [0.2, 0.25) is 11.8 Å². The highest BCUT2D eigenvalue weighted by atomic mass is 16.7. The van der Waals surface area contributed by atoms with E-state index in [0.717, 1.165) is 11.1 Å². The fourth-order valence-electron chi connectivity index (χ4n) is 5.32. The first-order chi connectivity index (χ1) is 23.8. The van der Waals surface area contributed by atoms with Crippen LogP contribution in [-0.2, 0) is 9.68 Å². The fourth-order valence-corrected chi connectivity index (χ4v) is 5.32. The normalized spacial score (nSPS) is 16.3. The molecule has 236 valence electrons. The standard InChI is InChI=1S/2C20H16N2O2/c2*1-2-5-15(6-3-1)16-8-10-17(11-9-16)19-13-20(22-24-19)23-18-7-4-12-21-14-18/h2*1-12,14,19H,13H2/t2*19-/m10/s1. The molecule has 0 saturated carbocycles. The zero-order chi connectivity index (χ0) is 32.4. The molecule has 2 aromatic heterocycles. The second kappa shape index (κ2) is 14.9. The summed E-state index contributed by atoms with van der Waals surface area (Å²) in [6.45, 7) is 0. The smallest absolute Gasteiger partial charge is 0.235 e. The Hall–Kier alpha value is -6.28. The van der Waals surface area contributed by atoms with Crippen LogP contribution in [0, 0.1) is 0 Å². The van der Waals surface area contributed by atoms with E-state index < -0.39 is 0 Å². The van der Waals surface area contributed by atoms with Crippen LogP contribution in [-0.4, -0.2) is 21.8 Å². The van der Waals surface area contributed by atoms with E-state index >= 15 is 0 Å². The lowest BCUT2D eigenvalue weighted by atomic mass is 10.0. The van der Waals surface area contributed by atoms with Crippen molar-refractivity contribution in [2.75, 3.05) is 0 Å². The average molecular weight is 633 g/mol. The third-order valence-corrected chi connectivity index (χ3v) is 7.80. The van der Waals surface area contributed by atoms with E-state index in [2.05, 4.69) is 93.1 Å². The van der Waals surface area contributed by atoms with Crippen LogP contribution in [0.15, 0.2) is 169 Å². The molecule has 0 N–H and O–H groups in total. The minimum absolute atomic E-state index is 0.110. The van der Waals surface area contributed by atoms with Gasteiger partial charge in [-0.3, -0.25) is 9.97 Å². The van der Waals surface area contributed by atoms with E-state index in [9.17, 15) is 0 Å².